The molecule has 0 spiro atoms. The number of benzene rings is 1. The van der Waals surface area contributed by atoms with Crippen LogP contribution < -0.4 is 10.6 Å². The molecule has 0 aromatic heterocycles. The summed E-state index contributed by atoms with van der Waals surface area (Å²) in [5, 5.41) is 6.16. The molecule has 0 saturated heterocycles. The average molecular weight is 278 g/mol. The maximum absolute atomic E-state index is 11.6. The molecule has 0 saturated carbocycles. The SMILES string of the molecule is CCOCCOCC(=O)NCc1ccc2c(c1)CNC2. The van der Waals surface area contributed by atoms with Gasteiger partial charge in [0.1, 0.15) is 6.61 Å². The Morgan fingerprint density at radius 2 is 2.05 bits per heavy atom. The Balaban J connectivity index is 1.66. The largest absolute Gasteiger partial charge is 0.379 e. The summed E-state index contributed by atoms with van der Waals surface area (Å²) in [5.41, 5.74) is 3.79. The third kappa shape index (κ3) is 4.59. The van der Waals surface area contributed by atoms with Crippen molar-refractivity contribution in [3.63, 3.8) is 0 Å². The fraction of sp³-hybridized carbons (Fsp3) is 0.533. The Labute approximate surface area is 119 Å². The zero-order valence-electron chi connectivity index (χ0n) is 11.9. The normalized spacial score (nSPS) is 13.2. The van der Waals surface area contributed by atoms with E-state index in [1.54, 1.807) is 0 Å². The molecule has 1 amide bonds. The first kappa shape index (κ1) is 15.0. The van der Waals surface area contributed by atoms with E-state index in [1.165, 1.54) is 11.1 Å². The van der Waals surface area contributed by atoms with Gasteiger partial charge in [0.2, 0.25) is 5.91 Å². The quantitative estimate of drug-likeness (QED) is 0.695. The Morgan fingerprint density at radius 3 is 2.90 bits per heavy atom. The van der Waals surface area contributed by atoms with Gasteiger partial charge in [0.15, 0.2) is 0 Å². The highest BCUT2D eigenvalue weighted by molar-refractivity contribution is 5.77. The summed E-state index contributed by atoms with van der Waals surface area (Å²) in [6.07, 6.45) is 0. The number of nitrogens with one attached hydrogen (secondary N) is 2. The van der Waals surface area contributed by atoms with Gasteiger partial charge in [-0.05, 0) is 23.6 Å². The van der Waals surface area contributed by atoms with Gasteiger partial charge < -0.3 is 20.1 Å². The lowest BCUT2D eigenvalue weighted by Gasteiger charge is -2.08. The first-order valence-corrected chi connectivity index (χ1v) is 7.03. The second-order valence-corrected chi connectivity index (χ2v) is 4.73. The van der Waals surface area contributed by atoms with Crippen LogP contribution >= 0.6 is 0 Å². The molecule has 0 fully saturated rings. The standard InChI is InChI=1S/C15H22N2O3/c1-2-19-5-6-20-11-15(18)17-8-12-3-4-13-9-16-10-14(13)7-12/h3-4,7,16H,2,5-6,8-11H2,1H3,(H,17,18). The summed E-state index contributed by atoms with van der Waals surface area (Å²) in [5.74, 6) is -0.0971. The zero-order valence-corrected chi connectivity index (χ0v) is 11.9. The van der Waals surface area contributed by atoms with Gasteiger partial charge in [0.25, 0.3) is 0 Å². The summed E-state index contributed by atoms with van der Waals surface area (Å²) in [4.78, 5) is 11.6. The van der Waals surface area contributed by atoms with Gasteiger partial charge in [-0.15, -0.1) is 0 Å². The van der Waals surface area contributed by atoms with Crippen LogP contribution in [-0.2, 0) is 33.9 Å². The molecular formula is C15H22N2O3. The molecule has 5 heteroatoms. The minimum atomic E-state index is -0.0971. The smallest absolute Gasteiger partial charge is 0.246 e. The lowest BCUT2D eigenvalue weighted by molar-refractivity contribution is -0.126. The van der Waals surface area contributed by atoms with Gasteiger partial charge in [0, 0.05) is 26.2 Å². The van der Waals surface area contributed by atoms with Crippen molar-refractivity contribution in [2.75, 3.05) is 26.4 Å². The maximum atomic E-state index is 11.6. The Morgan fingerprint density at radius 1 is 1.25 bits per heavy atom. The third-order valence-corrected chi connectivity index (χ3v) is 3.20. The summed E-state index contributed by atoms with van der Waals surface area (Å²) in [7, 11) is 0. The molecular weight excluding hydrogens is 256 g/mol. The third-order valence-electron chi connectivity index (χ3n) is 3.20. The molecule has 0 unspecified atom stereocenters. The van der Waals surface area contributed by atoms with Crippen LogP contribution in [0.1, 0.15) is 23.6 Å². The molecule has 0 aliphatic carbocycles. The molecule has 1 heterocycles. The predicted octanol–water partition coefficient (Wildman–Crippen LogP) is 0.959. The van der Waals surface area contributed by atoms with Gasteiger partial charge >= 0.3 is 0 Å². The molecule has 20 heavy (non-hydrogen) atoms. The average Bonchev–Trinajstić information content (AvgIpc) is 2.92. The van der Waals surface area contributed by atoms with Crippen molar-refractivity contribution in [3.8, 4) is 0 Å². The number of carbonyl (C=O) groups excluding carboxylic acids is 1. The van der Waals surface area contributed by atoms with Gasteiger partial charge in [0.05, 0.1) is 13.2 Å². The summed E-state index contributed by atoms with van der Waals surface area (Å²) < 4.78 is 10.3. The number of hydrogen-bond acceptors (Lipinski definition) is 4. The highest BCUT2D eigenvalue weighted by atomic mass is 16.5. The van der Waals surface area contributed by atoms with Crippen LogP contribution in [0, 0.1) is 0 Å². The molecule has 0 atom stereocenters. The van der Waals surface area contributed by atoms with Crippen LogP contribution in [0.25, 0.3) is 0 Å². The second-order valence-electron chi connectivity index (χ2n) is 4.73. The Bertz CT molecular complexity index is 449. The van der Waals surface area contributed by atoms with Gasteiger partial charge in [-0.1, -0.05) is 18.2 Å². The molecule has 1 aromatic carbocycles. The predicted molar refractivity (Wildman–Crippen MR) is 76.1 cm³/mol. The number of carbonyl (C=O) groups is 1. The molecule has 1 aromatic rings. The van der Waals surface area contributed by atoms with Crippen LogP contribution in [0.2, 0.25) is 0 Å². The van der Waals surface area contributed by atoms with Crippen LogP contribution in [0.4, 0.5) is 0 Å². The number of rotatable bonds is 8. The highest BCUT2D eigenvalue weighted by Gasteiger charge is 2.10. The van der Waals surface area contributed by atoms with Crippen LogP contribution in [0.3, 0.4) is 0 Å². The number of fused-ring (bicyclic) bond motifs is 1. The lowest BCUT2D eigenvalue weighted by atomic mass is 10.1. The van der Waals surface area contributed by atoms with E-state index in [2.05, 4.69) is 28.8 Å². The first-order valence-electron chi connectivity index (χ1n) is 7.03. The fourth-order valence-corrected chi connectivity index (χ4v) is 2.14. The zero-order chi connectivity index (χ0) is 14.2. The van der Waals surface area contributed by atoms with Crippen molar-refractivity contribution in [2.45, 2.75) is 26.6 Å². The van der Waals surface area contributed by atoms with E-state index in [0.717, 1.165) is 18.7 Å². The van der Waals surface area contributed by atoms with E-state index in [1.807, 2.05) is 6.92 Å². The minimum absolute atomic E-state index is 0.0829. The molecule has 2 N–H and O–H groups in total. The van der Waals surface area contributed by atoms with E-state index in [9.17, 15) is 4.79 Å². The molecule has 1 aliphatic rings. The van der Waals surface area contributed by atoms with Crippen LogP contribution in [0.5, 0.6) is 0 Å². The van der Waals surface area contributed by atoms with Crippen molar-refractivity contribution < 1.29 is 14.3 Å². The highest BCUT2D eigenvalue weighted by Crippen LogP contribution is 2.16. The fourth-order valence-electron chi connectivity index (χ4n) is 2.14. The summed E-state index contributed by atoms with van der Waals surface area (Å²) >= 11 is 0. The molecule has 110 valence electrons. The molecule has 2 rings (SSSR count). The minimum Gasteiger partial charge on any atom is -0.379 e. The van der Waals surface area contributed by atoms with Crippen molar-refractivity contribution in [3.05, 3.63) is 34.9 Å². The van der Waals surface area contributed by atoms with Gasteiger partial charge in [-0.2, -0.15) is 0 Å². The maximum Gasteiger partial charge on any atom is 0.246 e. The summed E-state index contributed by atoms with van der Waals surface area (Å²) in [6.45, 7) is 6.06. The Hall–Kier alpha value is -1.43. The lowest BCUT2D eigenvalue weighted by Crippen LogP contribution is -2.27. The number of ether oxygens (including phenoxy) is 2. The van der Waals surface area contributed by atoms with E-state index in [4.69, 9.17) is 9.47 Å². The molecule has 1 aliphatic heterocycles. The van der Waals surface area contributed by atoms with Crippen LogP contribution in [0.15, 0.2) is 18.2 Å². The van der Waals surface area contributed by atoms with E-state index in [-0.39, 0.29) is 12.5 Å². The van der Waals surface area contributed by atoms with Crippen molar-refractivity contribution in [1.82, 2.24) is 10.6 Å². The van der Waals surface area contributed by atoms with Gasteiger partial charge in [-0.3, -0.25) is 4.79 Å². The number of amides is 1. The topological polar surface area (TPSA) is 59.6 Å². The summed E-state index contributed by atoms with van der Waals surface area (Å²) in [6, 6.07) is 6.32. The van der Waals surface area contributed by atoms with E-state index in [0.29, 0.717) is 26.4 Å². The van der Waals surface area contributed by atoms with Crippen molar-refractivity contribution in [1.29, 1.82) is 0 Å². The molecule has 0 bridgehead atoms. The van der Waals surface area contributed by atoms with Crippen molar-refractivity contribution in [2.24, 2.45) is 0 Å². The van der Waals surface area contributed by atoms with E-state index >= 15 is 0 Å². The first-order chi connectivity index (χ1) is 9.79. The van der Waals surface area contributed by atoms with Gasteiger partial charge in [-0.25, -0.2) is 0 Å². The number of hydrogen-bond donors (Lipinski definition) is 2. The van der Waals surface area contributed by atoms with E-state index < -0.39 is 0 Å². The second kappa shape index (κ2) is 7.99. The molecule has 5 nitrogen and oxygen atoms in total. The monoisotopic (exact) mass is 278 g/mol. The van der Waals surface area contributed by atoms with Crippen LogP contribution in [-0.4, -0.2) is 32.3 Å². The molecule has 0 radical (unpaired) electrons. The van der Waals surface area contributed by atoms with Crippen molar-refractivity contribution >= 4 is 5.91 Å². The Kier molecular flexibility index (Phi) is 5.98.